The number of quaternary nitrogens is 1. The van der Waals surface area contributed by atoms with Crippen molar-refractivity contribution < 1.29 is 9.28 Å². The van der Waals surface area contributed by atoms with Crippen LogP contribution in [-0.4, -0.2) is 46.1 Å². The molecule has 2 heterocycles. The third kappa shape index (κ3) is 0.828. The lowest BCUT2D eigenvalue weighted by molar-refractivity contribution is -0.641. The fraction of sp³-hybridized carbons (Fsp3) is 0.778. The number of likely N-dealkylation sites (N-methyl/N-ethyl adjacent to an activating group) is 1. The van der Waals surface area contributed by atoms with E-state index in [-0.39, 0.29) is 11.4 Å². The van der Waals surface area contributed by atoms with Crippen LogP contribution in [0.5, 0.6) is 0 Å². The van der Waals surface area contributed by atoms with Crippen LogP contribution in [0, 0.1) is 0 Å². The number of fused-ring (bicyclic) bond motifs is 1. The van der Waals surface area contributed by atoms with Crippen molar-refractivity contribution in [3.63, 3.8) is 0 Å². The number of rotatable bonds is 1. The van der Waals surface area contributed by atoms with Crippen molar-refractivity contribution in [2.75, 3.05) is 20.1 Å². The van der Waals surface area contributed by atoms with Crippen LogP contribution in [0.3, 0.4) is 0 Å². The Kier molecular flexibility index (Phi) is 1.61. The first kappa shape index (κ1) is 9.09. The van der Waals surface area contributed by atoms with Crippen molar-refractivity contribution in [3.8, 4) is 0 Å². The van der Waals surface area contributed by atoms with Crippen LogP contribution in [0.4, 0.5) is 0 Å². The van der Waals surface area contributed by atoms with Gasteiger partial charge in [-0.3, -0.25) is 0 Å². The van der Waals surface area contributed by atoms with Crippen LogP contribution in [-0.2, 0) is 4.79 Å². The quantitative estimate of drug-likeness (QED) is 0.353. The van der Waals surface area contributed by atoms with Gasteiger partial charge in [-0.2, -0.15) is 4.48 Å². The molecule has 0 aromatic heterocycles. The van der Waals surface area contributed by atoms with Crippen LogP contribution in [0.25, 0.3) is 0 Å². The number of nitrogens with zero attached hydrogens (tertiary/aromatic N) is 2. The Balaban J connectivity index is 2.36. The highest BCUT2D eigenvalue weighted by molar-refractivity contribution is 7.80. The first-order chi connectivity index (χ1) is 5.98. The van der Waals surface area contributed by atoms with E-state index in [1.165, 1.54) is 0 Å². The lowest BCUT2D eigenvalue weighted by Gasteiger charge is -2.15. The number of amides is 1. The fourth-order valence-corrected chi connectivity index (χ4v) is 3.03. The molecule has 13 heavy (non-hydrogen) atoms. The molecule has 4 heteroatoms. The molecule has 1 amide bonds. The summed E-state index contributed by atoms with van der Waals surface area (Å²) in [5.41, 5.74) is 0.0962. The highest BCUT2D eigenvalue weighted by Crippen LogP contribution is 2.50. The van der Waals surface area contributed by atoms with Gasteiger partial charge in [0.15, 0.2) is 12.1 Å². The van der Waals surface area contributed by atoms with Gasteiger partial charge in [0.1, 0.15) is 0 Å². The summed E-state index contributed by atoms with van der Waals surface area (Å²) in [7, 11) is 1.97. The molecule has 0 aliphatic carbocycles. The summed E-state index contributed by atoms with van der Waals surface area (Å²) in [5, 5.41) is 0.814. The molecule has 3 nitrogen and oxygen atoms in total. The highest BCUT2D eigenvalue weighted by atomic mass is 32.1. The Morgan fingerprint density at radius 1 is 1.77 bits per heavy atom. The Labute approximate surface area is 83.9 Å². The molecule has 0 radical (unpaired) electrons. The van der Waals surface area contributed by atoms with Gasteiger partial charge < -0.3 is 4.90 Å². The van der Waals surface area contributed by atoms with Gasteiger partial charge in [-0.15, -0.1) is 0 Å². The fourth-order valence-electron chi connectivity index (χ4n) is 2.58. The molecule has 2 aliphatic rings. The maximum absolute atomic E-state index is 11.8. The van der Waals surface area contributed by atoms with E-state index >= 15 is 0 Å². The maximum Gasteiger partial charge on any atom is 0.321 e. The predicted molar refractivity (Wildman–Crippen MR) is 54.1 cm³/mol. The van der Waals surface area contributed by atoms with Gasteiger partial charge in [-0.25, -0.2) is 4.79 Å². The SMILES string of the molecule is CCC(=O)[N+]12CC1(C)CN(C)C2=S. The third-order valence-corrected chi connectivity index (χ3v) is 3.98. The second kappa shape index (κ2) is 2.30. The van der Waals surface area contributed by atoms with Gasteiger partial charge in [-0.05, 0) is 6.92 Å². The van der Waals surface area contributed by atoms with Gasteiger partial charge in [-0.1, -0.05) is 6.92 Å². The van der Waals surface area contributed by atoms with Crippen LogP contribution >= 0.6 is 12.2 Å². The zero-order valence-electron chi connectivity index (χ0n) is 8.33. The second-order valence-electron chi connectivity index (χ2n) is 4.35. The van der Waals surface area contributed by atoms with E-state index in [0.717, 1.165) is 18.2 Å². The van der Waals surface area contributed by atoms with Crippen LogP contribution < -0.4 is 0 Å². The van der Waals surface area contributed by atoms with Gasteiger partial charge in [0.2, 0.25) is 0 Å². The zero-order chi connectivity index (χ0) is 9.85. The molecule has 2 saturated heterocycles. The number of carbonyl (C=O) groups is 1. The molecule has 72 valence electrons. The van der Waals surface area contributed by atoms with E-state index in [1.807, 2.05) is 18.9 Å². The van der Waals surface area contributed by atoms with Gasteiger partial charge in [0, 0.05) is 19.3 Å². The van der Waals surface area contributed by atoms with Crippen LogP contribution in [0.2, 0.25) is 0 Å². The molecule has 0 aromatic rings. The van der Waals surface area contributed by atoms with Crippen molar-refractivity contribution in [2.45, 2.75) is 25.8 Å². The monoisotopic (exact) mass is 199 g/mol. The molecule has 0 N–H and O–H groups in total. The van der Waals surface area contributed by atoms with Gasteiger partial charge in [0.25, 0.3) is 5.11 Å². The molecule has 2 rings (SSSR count). The van der Waals surface area contributed by atoms with E-state index in [0.29, 0.717) is 10.9 Å². The average molecular weight is 199 g/mol. The molecule has 0 saturated carbocycles. The maximum atomic E-state index is 11.8. The molecule has 0 spiro atoms. The second-order valence-corrected chi connectivity index (χ2v) is 4.72. The first-order valence-electron chi connectivity index (χ1n) is 4.65. The summed E-state index contributed by atoms with van der Waals surface area (Å²) >= 11 is 5.31. The van der Waals surface area contributed by atoms with Gasteiger partial charge in [0.05, 0.1) is 13.0 Å². The van der Waals surface area contributed by atoms with Crippen LogP contribution in [0.15, 0.2) is 0 Å². The van der Waals surface area contributed by atoms with Gasteiger partial charge >= 0.3 is 5.91 Å². The first-order valence-corrected chi connectivity index (χ1v) is 5.06. The number of thiocarbonyl (C=S) groups is 1. The van der Waals surface area contributed by atoms with Crippen molar-refractivity contribution >= 4 is 23.2 Å². The molecule has 2 unspecified atom stereocenters. The smallest absolute Gasteiger partial charge is 0.314 e. The zero-order valence-corrected chi connectivity index (χ0v) is 9.15. The molecule has 2 fully saturated rings. The third-order valence-electron chi connectivity index (χ3n) is 3.35. The lowest BCUT2D eigenvalue weighted by atomic mass is 10.2. The molecule has 0 bridgehead atoms. The van der Waals surface area contributed by atoms with Crippen molar-refractivity contribution in [2.24, 2.45) is 0 Å². The number of carbonyl (C=O) groups excluding carboxylic acids is 1. The number of hydrogen-bond donors (Lipinski definition) is 0. The van der Waals surface area contributed by atoms with E-state index < -0.39 is 0 Å². The summed E-state index contributed by atoms with van der Waals surface area (Å²) in [5.74, 6) is 0.275. The minimum absolute atomic E-state index is 0.0962. The number of hydrogen-bond acceptors (Lipinski definition) is 2. The predicted octanol–water partition coefficient (Wildman–Crippen LogP) is 0.742. The normalized spacial score (nSPS) is 42.1. The van der Waals surface area contributed by atoms with Crippen LogP contribution in [0.1, 0.15) is 20.3 Å². The minimum Gasteiger partial charge on any atom is -0.314 e. The van der Waals surface area contributed by atoms with E-state index in [4.69, 9.17) is 12.2 Å². The van der Waals surface area contributed by atoms with E-state index in [2.05, 4.69) is 6.92 Å². The van der Waals surface area contributed by atoms with E-state index in [1.54, 1.807) is 0 Å². The molecule has 2 atom stereocenters. The minimum atomic E-state index is 0.0962. The molecular weight excluding hydrogens is 184 g/mol. The Bertz CT molecular complexity index is 304. The summed E-state index contributed by atoms with van der Waals surface area (Å²) in [6.07, 6.45) is 0.587. The van der Waals surface area contributed by atoms with E-state index in [9.17, 15) is 4.79 Å². The standard InChI is InChI=1S/C9H15N2OS/c1-4-7(12)11-6-9(11,2)5-10(3)8(11)13/h4-6H2,1-3H3/q+1. The summed E-state index contributed by atoms with van der Waals surface area (Å²) in [4.78, 5) is 13.8. The average Bonchev–Trinajstić information content (AvgIpc) is 2.64. The van der Waals surface area contributed by atoms with Crippen molar-refractivity contribution in [3.05, 3.63) is 0 Å². The Morgan fingerprint density at radius 3 is 2.77 bits per heavy atom. The molecule has 0 aromatic carbocycles. The lowest BCUT2D eigenvalue weighted by Crippen LogP contribution is -2.42. The highest BCUT2D eigenvalue weighted by Gasteiger charge is 2.78. The topological polar surface area (TPSA) is 20.3 Å². The largest absolute Gasteiger partial charge is 0.321 e. The molecule has 2 aliphatic heterocycles. The summed E-state index contributed by atoms with van der Waals surface area (Å²) in [6, 6.07) is 0. The Morgan fingerprint density at radius 2 is 2.38 bits per heavy atom. The van der Waals surface area contributed by atoms with Crippen molar-refractivity contribution in [1.29, 1.82) is 0 Å². The van der Waals surface area contributed by atoms with Crippen molar-refractivity contribution in [1.82, 2.24) is 4.90 Å². The summed E-state index contributed by atoms with van der Waals surface area (Å²) in [6.45, 7) is 5.91. The molecular formula is C9H15N2OS+. The summed E-state index contributed by atoms with van der Waals surface area (Å²) < 4.78 is 0.454. The Hall–Kier alpha value is -0.480.